The highest BCUT2D eigenvalue weighted by molar-refractivity contribution is 5.65. The zero-order valence-corrected chi connectivity index (χ0v) is 14.9. The molecule has 0 saturated heterocycles. The fourth-order valence-corrected chi connectivity index (χ4v) is 2.74. The smallest absolute Gasteiger partial charge is 0.0516 e. The van der Waals surface area contributed by atoms with Crippen LogP contribution in [0.15, 0.2) is 67.4 Å². The van der Waals surface area contributed by atoms with Crippen LogP contribution in [0.25, 0.3) is 11.8 Å². The van der Waals surface area contributed by atoms with E-state index >= 15 is 0 Å². The van der Waals surface area contributed by atoms with Gasteiger partial charge in [0.2, 0.25) is 0 Å². The molecule has 0 bridgehead atoms. The van der Waals surface area contributed by atoms with E-state index in [0.29, 0.717) is 5.92 Å². The van der Waals surface area contributed by atoms with E-state index in [4.69, 9.17) is 0 Å². The first-order valence-corrected chi connectivity index (χ1v) is 8.54. The molecule has 2 N–H and O–H groups in total. The summed E-state index contributed by atoms with van der Waals surface area (Å²) in [7, 11) is 1.90. The number of rotatable bonds is 8. The lowest BCUT2D eigenvalue weighted by atomic mass is 9.96. The largest absolute Gasteiger partial charge is 0.394 e. The summed E-state index contributed by atoms with van der Waals surface area (Å²) in [6.07, 6.45) is 5.06. The van der Waals surface area contributed by atoms with Gasteiger partial charge in [0.1, 0.15) is 0 Å². The Morgan fingerprint density at radius 3 is 2.50 bits per heavy atom. The number of nitrogens with one attached hydrogen (secondary N) is 2. The van der Waals surface area contributed by atoms with E-state index in [9.17, 15) is 0 Å². The van der Waals surface area contributed by atoms with Gasteiger partial charge in [-0.1, -0.05) is 69.0 Å². The first kappa shape index (κ1) is 17.9. The van der Waals surface area contributed by atoms with Crippen molar-refractivity contribution in [2.24, 2.45) is 5.92 Å². The molecule has 2 heteroatoms. The SMILES string of the molecule is C=C(NC(CC(C)C)c1ccccc1)c1cccc(/C=C\NC)c1. The normalized spacial score (nSPS) is 12.3. The van der Waals surface area contributed by atoms with Crippen LogP contribution in [0.4, 0.5) is 0 Å². The van der Waals surface area contributed by atoms with Gasteiger partial charge in [-0.15, -0.1) is 0 Å². The second kappa shape index (κ2) is 8.97. The minimum Gasteiger partial charge on any atom is -0.394 e. The Bertz CT molecular complexity index is 671. The van der Waals surface area contributed by atoms with Gasteiger partial charge in [-0.2, -0.15) is 0 Å². The fourth-order valence-electron chi connectivity index (χ4n) is 2.74. The van der Waals surface area contributed by atoms with Gasteiger partial charge in [0.05, 0.1) is 6.04 Å². The molecule has 2 rings (SSSR count). The number of hydrogen-bond donors (Lipinski definition) is 2. The van der Waals surface area contributed by atoms with Crippen molar-refractivity contribution < 1.29 is 0 Å². The molecular weight excluding hydrogens is 292 g/mol. The minimum absolute atomic E-state index is 0.273. The van der Waals surface area contributed by atoms with E-state index in [2.05, 4.69) is 91.7 Å². The van der Waals surface area contributed by atoms with Crippen LogP contribution < -0.4 is 10.6 Å². The van der Waals surface area contributed by atoms with Gasteiger partial charge in [0.25, 0.3) is 0 Å². The summed E-state index contributed by atoms with van der Waals surface area (Å²) < 4.78 is 0. The van der Waals surface area contributed by atoms with Crippen LogP contribution in [0.1, 0.15) is 43.0 Å². The van der Waals surface area contributed by atoms with Crippen LogP contribution in [-0.4, -0.2) is 7.05 Å². The van der Waals surface area contributed by atoms with Crippen LogP contribution in [0.5, 0.6) is 0 Å². The molecule has 0 radical (unpaired) electrons. The minimum atomic E-state index is 0.273. The summed E-state index contributed by atoms with van der Waals surface area (Å²) in [5.74, 6) is 0.611. The van der Waals surface area contributed by atoms with Crippen molar-refractivity contribution in [3.8, 4) is 0 Å². The lowest BCUT2D eigenvalue weighted by Crippen LogP contribution is -2.21. The van der Waals surface area contributed by atoms with Crippen molar-refractivity contribution in [1.29, 1.82) is 0 Å². The molecule has 2 aromatic rings. The van der Waals surface area contributed by atoms with Crippen molar-refractivity contribution in [2.75, 3.05) is 7.05 Å². The molecule has 0 aliphatic heterocycles. The van der Waals surface area contributed by atoms with Gasteiger partial charge >= 0.3 is 0 Å². The Hall–Kier alpha value is -2.48. The van der Waals surface area contributed by atoms with E-state index in [1.54, 1.807) is 0 Å². The number of benzene rings is 2. The second-order valence-electron chi connectivity index (χ2n) is 6.46. The molecule has 0 aliphatic rings. The average molecular weight is 320 g/mol. The Labute approximate surface area is 146 Å². The van der Waals surface area contributed by atoms with Crippen molar-refractivity contribution in [2.45, 2.75) is 26.3 Å². The quantitative estimate of drug-likeness (QED) is 0.696. The Kier molecular flexibility index (Phi) is 6.68. The van der Waals surface area contributed by atoms with Gasteiger partial charge in [0, 0.05) is 12.7 Å². The molecule has 2 nitrogen and oxygen atoms in total. The Balaban J connectivity index is 2.17. The highest BCUT2D eigenvalue weighted by Crippen LogP contribution is 2.24. The average Bonchev–Trinajstić information content (AvgIpc) is 2.60. The van der Waals surface area contributed by atoms with Crippen molar-refractivity contribution in [3.05, 3.63) is 84.1 Å². The predicted octanol–water partition coefficient (Wildman–Crippen LogP) is 5.22. The van der Waals surface area contributed by atoms with E-state index < -0.39 is 0 Å². The molecule has 1 atom stereocenters. The van der Waals surface area contributed by atoms with Crippen molar-refractivity contribution >= 4 is 11.8 Å². The number of hydrogen-bond acceptors (Lipinski definition) is 2. The second-order valence-corrected chi connectivity index (χ2v) is 6.46. The fraction of sp³-hybridized carbons (Fsp3) is 0.273. The summed E-state index contributed by atoms with van der Waals surface area (Å²) >= 11 is 0. The highest BCUT2D eigenvalue weighted by Gasteiger charge is 2.14. The molecule has 0 saturated carbocycles. The first-order valence-electron chi connectivity index (χ1n) is 8.54. The monoisotopic (exact) mass is 320 g/mol. The maximum Gasteiger partial charge on any atom is 0.0516 e. The lowest BCUT2D eigenvalue weighted by molar-refractivity contribution is 0.474. The van der Waals surface area contributed by atoms with Crippen molar-refractivity contribution in [1.82, 2.24) is 10.6 Å². The van der Waals surface area contributed by atoms with E-state index in [0.717, 1.165) is 23.2 Å². The Morgan fingerprint density at radius 2 is 1.83 bits per heavy atom. The van der Waals surface area contributed by atoms with Crippen LogP contribution in [0.2, 0.25) is 0 Å². The van der Waals surface area contributed by atoms with E-state index in [1.165, 1.54) is 5.56 Å². The van der Waals surface area contributed by atoms with Gasteiger partial charge in [-0.3, -0.25) is 0 Å². The molecule has 126 valence electrons. The molecule has 24 heavy (non-hydrogen) atoms. The standard InChI is InChI=1S/C22H28N2/c1-17(2)15-22(20-10-6-5-7-11-20)24-18(3)21-12-8-9-19(16-21)13-14-23-4/h5-14,16-17,22-24H,3,15H2,1-2,4H3/b14-13-. The third-order valence-corrected chi connectivity index (χ3v) is 3.94. The molecule has 0 heterocycles. The summed E-state index contributed by atoms with van der Waals surface area (Å²) in [6.45, 7) is 8.78. The molecule has 0 fully saturated rings. The molecular formula is C22H28N2. The Morgan fingerprint density at radius 1 is 1.08 bits per heavy atom. The zero-order chi connectivity index (χ0) is 17.4. The van der Waals surface area contributed by atoms with Crippen LogP contribution >= 0.6 is 0 Å². The summed E-state index contributed by atoms with van der Waals surface area (Å²) in [5.41, 5.74) is 4.55. The molecule has 2 aromatic carbocycles. The van der Waals surface area contributed by atoms with E-state index in [-0.39, 0.29) is 6.04 Å². The van der Waals surface area contributed by atoms with Gasteiger partial charge < -0.3 is 10.6 Å². The third-order valence-electron chi connectivity index (χ3n) is 3.94. The highest BCUT2D eigenvalue weighted by atomic mass is 14.9. The van der Waals surface area contributed by atoms with Crippen LogP contribution in [0.3, 0.4) is 0 Å². The van der Waals surface area contributed by atoms with Gasteiger partial charge in [-0.25, -0.2) is 0 Å². The molecule has 1 unspecified atom stereocenters. The predicted molar refractivity (Wildman–Crippen MR) is 105 cm³/mol. The molecule has 0 aromatic heterocycles. The first-order chi connectivity index (χ1) is 11.6. The lowest BCUT2D eigenvalue weighted by Gasteiger charge is -2.24. The molecule has 0 spiro atoms. The summed E-state index contributed by atoms with van der Waals surface area (Å²) in [4.78, 5) is 0. The summed E-state index contributed by atoms with van der Waals surface area (Å²) in [6, 6.07) is 19.3. The zero-order valence-electron chi connectivity index (χ0n) is 14.9. The van der Waals surface area contributed by atoms with Crippen LogP contribution in [0, 0.1) is 5.92 Å². The third kappa shape index (κ3) is 5.31. The molecule has 0 amide bonds. The van der Waals surface area contributed by atoms with Gasteiger partial charge in [-0.05, 0) is 47.4 Å². The van der Waals surface area contributed by atoms with Crippen LogP contribution in [-0.2, 0) is 0 Å². The molecule has 0 aliphatic carbocycles. The topological polar surface area (TPSA) is 24.1 Å². The maximum absolute atomic E-state index is 4.27. The van der Waals surface area contributed by atoms with Crippen molar-refractivity contribution in [3.63, 3.8) is 0 Å². The van der Waals surface area contributed by atoms with E-state index in [1.807, 2.05) is 13.2 Å². The maximum atomic E-state index is 4.27. The summed E-state index contributed by atoms with van der Waals surface area (Å²) in [5, 5.41) is 6.65. The van der Waals surface area contributed by atoms with Gasteiger partial charge in [0.15, 0.2) is 0 Å².